The van der Waals surface area contributed by atoms with Crippen LogP contribution >= 0.6 is 11.8 Å². The van der Waals surface area contributed by atoms with Crippen LogP contribution in [0, 0.1) is 0 Å². The van der Waals surface area contributed by atoms with Crippen LogP contribution in [0.2, 0.25) is 0 Å². The molecule has 5 rings (SSSR count). The predicted octanol–water partition coefficient (Wildman–Crippen LogP) is 5.23. The molecule has 2 amide bonds. The van der Waals surface area contributed by atoms with Gasteiger partial charge in [-0.25, -0.2) is 9.59 Å². The van der Waals surface area contributed by atoms with Crippen LogP contribution in [0.25, 0.3) is 0 Å². The number of thioether (sulfide) groups is 1. The van der Waals surface area contributed by atoms with Crippen LogP contribution in [-0.2, 0) is 4.79 Å². The molecule has 1 aliphatic rings. The Morgan fingerprint density at radius 3 is 2.07 bits per heavy atom. The average Bonchev–Trinajstić information content (AvgIpc) is 2.99. The van der Waals surface area contributed by atoms with Gasteiger partial charge < -0.3 is 20.8 Å². The molecular weight excluding hydrogens is 572 g/mol. The molecule has 0 bridgehead atoms. The Balaban J connectivity index is 1.30. The van der Waals surface area contributed by atoms with Gasteiger partial charge in [0.2, 0.25) is 5.91 Å². The van der Waals surface area contributed by atoms with Crippen LogP contribution in [-0.4, -0.2) is 50.8 Å². The lowest BCUT2D eigenvalue weighted by molar-refractivity contribution is -0.115. The van der Waals surface area contributed by atoms with E-state index in [0.29, 0.717) is 16.1 Å². The van der Waals surface area contributed by atoms with E-state index in [1.165, 1.54) is 11.8 Å². The zero-order valence-corrected chi connectivity index (χ0v) is 23.2. The topological polar surface area (TPSA) is 167 Å². The van der Waals surface area contributed by atoms with Crippen molar-refractivity contribution >= 4 is 58.5 Å². The van der Waals surface area contributed by atoms with Crippen molar-refractivity contribution in [2.75, 3.05) is 10.6 Å². The normalized spacial score (nSPS) is 12.5. The van der Waals surface area contributed by atoms with Gasteiger partial charge in [0.25, 0.3) is 5.91 Å². The molecule has 11 heteroatoms. The maximum Gasteiger partial charge on any atom is 0.336 e. The number of fused-ring (bicyclic) bond motifs is 2. The molecule has 1 unspecified atom stereocenters. The van der Waals surface area contributed by atoms with Crippen LogP contribution in [0.3, 0.4) is 0 Å². The van der Waals surface area contributed by atoms with Crippen molar-refractivity contribution < 1.29 is 39.0 Å². The molecule has 0 saturated heterocycles. The summed E-state index contributed by atoms with van der Waals surface area (Å²) < 4.78 is 0. The van der Waals surface area contributed by atoms with E-state index in [1.54, 1.807) is 73.7 Å². The Kier molecular flexibility index (Phi) is 7.91. The fourth-order valence-electron chi connectivity index (χ4n) is 4.64. The highest BCUT2D eigenvalue weighted by molar-refractivity contribution is 8.00. The highest BCUT2D eigenvalue weighted by Gasteiger charge is 2.32. The van der Waals surface area contributed by atoms with Crippen molar-refractivity contribution in [3.05, 3.63) is 124 Å². The number of hydrogen-bond donors (Lipinski definition) is 4. The number of nitrogens with one attached hydrogen (secondary N) is 2. The third-order valence-corrected chi connectivity index (χ3v) is 7.82. The molecule has 0 radical (unpaired) electrons. The second-order valence-corrected chi connectivity index (χ2v) is 10.9. The molecule has 4 aromatic carbocycles. The molecule has 4 aromatic rings. The zero-order chi connectivity index (χ0) is 30.8. The van der Waals surface area contributed by atoms with E-state index in [9.17, 15) is 33.9 Å². The van der Waals surface area contributed by atoms with Crippen LogP contribution in [0.5, 0.6) is 0 Å². The molecule has 43 heavy (non-hydrogen) atoms. The molecule has 0 aromatic heterocycles. The fourth-order valence-corrected chi connectivity index (χ4v) is 5.57. The van der Waals surface area contributed by atoms with Crippen molar-refractivity contribution in [3.63, 3.8) is 0 Å². The first-order valence-corrected chi connectivity index (χ1v) is 13.7. The zero-order valence-electron chi connectivity index (χ0n) is 22.4. The quantitative estimate of drug-likeness (QED) is 0.176. The van der Waals surface area contributed by atoms with E-state index in [1.807, 2.05) is 0 Å². The number of carbonyl (C=O) groups excluding carboxylic acids is 4. The summed E-state index contributed by atoms with van der Waals surface area (Å²) in [5.74, 6) is -4.60. The first-order valence-electron chi connectivity index (χ1n) is 12.9. The number of ketones is 2. The summed E-state index contributed by atoms with van der Waals surface area (Å²) in [6, 6.07) is 21.0. The summed E-state index contributed by atoms with van der Waals surface area (Å²) in [6.07, 6.45) is 0. The Morgan fingerprint density at radius 1 is 0.698 bits per heavy atom. The van der Waals surface area contributed by atoms with E-state index >= 15 is 0 Å². The van der Waals surface area contributed by atoms with Crippen molar-refractivity contribution in [2.24, 2.45) is 0 Å². The van der Waals surface area contributed by atoms with Crippen LogP contribution in [0.15, 0.2) is 89.8 Å². The van der Waals surface area contributed by atoms with Crippen molar-refractivity contribution in [1.82, 2.24) is 0 Å². The minimum absolute atomic E-state index is 0.138. The first-order chi connectivity index (χ1) is 20.5. The number of carbonyl (C=O) groups is 6. The van der Waals surface area contributed by atoms with Crippen LogP contribution in [0.4, 0.5) is 11.4 Å². The maximum atomic E-state index is 13.2. The summed E-state index contributed by atoms with van der Waals surface area (Å²) in [7, 11) is 0. The highest BCUT2D eigenvalue weighted by Crippen LogP contribution is 2.33. The monoisotopic (exact) mass is 594 g/mol. The van der Waals surface area contributed by atoms with Crippen LogP contribution < -0.4 is 10.6 Å². The lowest BCUT2D eigenvalue weighted by atomic mass is 9.83. The van der Waals surface area contributed by atoms with Gasteiger partial charge in [0, 0.05) is 27.3 Å². The molecule has 4 N–H and O–H groups in total. The van der Waals surface area contributed by atoms with Gasteiger partial charge in [-0.2, -0.15) is 0 Å². The fraction of sp³-hybridized carbons (Fsp3) is 0.0625. The molecule has 0 heterocycles. The predicted molar refractivity (Wildman–Crippen MR) is 158 cm³/mol. The average molecular weight is 595 g/mol. The number of carboxylic acid groups (broad SMARTS) is 2. The van der Waals surface area contributed by atoms with Gasteiger partial charge in [-0.05, 0) is 49.4 Å². The number of benzene rings is 4. The van der Waals surface area contributed by atoms with E-state index in [0.717, 1.165) is 18.2 Å². The maximum absolute atomic E-state index is 13.2. The minimum Gasteiger partial charge on any atom is -0.478 e. The molecule has 0 fully saturated rings. The number of aromatic carboxylic acids is 2. The van der Waals surface area contributed by atoms with Gasteiger partial charge >= 0.3 is 11.9 Å². The Morgan fingerprint density at radius 2 is 1.37 bits per heavy atom. The minimum atomic E-state index is -1.45. The number of amides is 2. The van der Waals surface area contributed by atoms with Crippen molar-refractivity contribution in [2.45, 2.75) is 17.1 Å². The van der Waals surface area contributed by atoms with Gasteiger partial charge in [0.1, 0.15) is 0 Å². The Labute approximate surface area is 248 Å². The third kappa shape index (κ3) is 5.79. The standard InChI is InChI=1S/C32H22N2O8S/c1-16(29(37)34-25-11-5-10-23-26(25)28(36)21-9-3-2-8-20(21)27(23)35)43-19-7-4-6-18(15-19)33-30(38)22-13-12-17(31(39)40)14-24(22)32(41)42/h2-16H,1H3,(H,33,38)(H,34,37)(H,39,40)(H,41,42). The largest absolute Gasteiger partial charge is 0.478 e. The molecule has 214 valence electrons. The van der Waals surface area contributed by atoms with Gasteiger partial charge in [-0.15, -0.1) is 11.8 Å². The summed E-state index contributed by atoms with van der Waals surface area (Å²) in [5, 5.41) is 23.3. The highest BCUT2D eigenvalue weighted by atomic mass is 32.2. The summed E-state index contributed by atoms with van der Waals surface area (Å²) >= 11 is 1.17. The Hall–Kier alpha value is -5.55. The van der Waals surface area contributed by atoms with Crippen molar-refractivity contribution in [3.8, 4) is 0 Å². The van der Waals surface area contributed by atoms with Gasteiger partial charge in [-0.1, -0.05) is 42.5 Å². The lowest BCUT2D eigenvalue weighted by Crippen LogP contribution is -2.27. The van der Waals surface area contributed by atoms with Crippen molar-refractivity contribution in [1.29, 1.82) is 0 Å². The summed E-state index contributed by atoms with van der Waals surface area (Å²) in [5.41, 5.74) is 0.550. The van der Waals surface area contributed by atoms with E-state index in [2.05, 4.69) is 10.6 Å². The van der Waals surface area contributed by atoms with Crippen LogP contribution in [0.1, 0.15) is 69.8 Å². The van der Waals surface area contributed by atoms with Gasteiger partial charge in [0.05, 0.1) is 33.2 Å². The molecule has 0 aliphatic heterocycles. The molecule has 1 aliphatic carbocycles. The van der Waals surface area contributed by atoms with E-state index in [4.69, 9.17) is 5.11 Å². The SMILES string of the molecule is CC(Sc1cccc(NC(=O)c2ccc(C(=O)O)cc2C(=O)O)c1)C(=O)Nc1cccc2c1C(=O)c1ccccc1C2=O. The molecule has 0 spiro atoms. The third-order valence-electron chi connectivity index (χ3n) is 6.73. The van der Waals surface area contributed by atoms with E-state index < -0.39 is 34.6 Å². The smallest absolute Gasteiger partial charge is 0.336 e. The first kappa shape index (κ1) is 29.0. The van der Waals surface area contributed by atoms with Gasteiger partial charge in [-0.3, -0.25) is 19.2 Å². The van der Waals surface area contributed by atoms with Gasteiger partial charge in [0.15, 0.2) is 11.6 Å². The number of carboxylic acids is 2. The lowest BCUT2D eigenvalue weighted by Gasteiger charge is -2.21. The number of anilines is 2. The Bertz CT molecular complexity index is 1870. The van der Waals surface area contributed by atoms with E-state index in [-0.39, 0.29) is 45.1 Å². The summed E-state index contributed by atoms with van der Waals surface area (Å²) in [6.45, 7) is 1.66. The number of hydrogen-bond acceptors (Lipinski definition) is 7. The molecular formula is C32H22N2O8S. The molecule has 1 atom stereocenters. The number of rotatable bonds is 8. The second-order valence-electron chi connectivity index (χ2n) is 9.53. The second kappa shape index (κ2) is 11.7. The summed E-state index contributed by atoms with van der Waals surface area (Å²) in [4.78, 5) is 75.7. The molecule has 10 nitrogen and oxygen atoms in total. The molecule has 0 saturated carbocycles.